The molecule has 1 aromatic carbocycles. The Hall–Kier alpha value is -3.41. The zero-order valence-electron chi connectivity index (χ0n) is 17.1. The fraction of sp³-hybridized carbons (Fsp3) is 0.261. The highest BCUT2D eigenvalue weighted by atomic mass is 15.5. The number of hydrogen-bond donors (Lipinski definition) is 1. The van der Waals surface area contributed by atoms with E-state index in [4.69, 9.17) is 0 Å². The van der Waals surface area contributed by atoms with Crippen LogP contribution >= 0.6 is 0 Å². The van der Waals surface area contributed by atoms with Gasteiger partial charge in [-0.3, -0.25) is 15.1 Å². The summed E-state index contributed by atoms with van der Waals surface area (Å²) in [5.74, 6) is 1.25. The van der Waals surface area contributed by atoms with Crippen molar-refractivity contribution in [2.24, 2.45) is 7.05 Å². The summed E-state index contributed by atoms with van der Waals surface area (Å²) < 4.78 is 1.79. The zero-order chi connectivity index (χ0) is 20.2. The van der Waals surface area contributed by atoms with E-state index in [0.29, 0.717) is 5.92 Å². The quantitative estimate of drug-likeness (QED) is 0.682. The minimum absolute atomic E-state index is 0.482. The molecule has 4 rings (SSSR count). The number of allylic oxidation sites excluding steroid dienone is 3. The van der Waals surface area contributed by atoms with Gasteiger partial charge in [0.2, 0.25) is 0 Å². The Kier molecular flexibility index (Phi) is 5.42. The van der Waals surface area contributed by atoms with Crippen molar-refractivity contribution < 1.29 is 0 Å². The fourth-order valence-electron chi connectivity index (χ4n) is 3.27. The third-order valence-corrected chi connectivity index (χ3v) is 5.20. The maximum atomic E-state index is 4.59. The van der Waals surface area contributed by atoms with Gasteiger partial charge in [0.1, 0.15) is 5.69 Å². The summed E-state index contributed by atoms with van der Waals surface area (Å²) in [6.07, 6.45) is 15.7. The SMILES string of the molecule is CCC(C)c1cnc(-c2cccc(CC3=CC=CN(c4cnn(C)c4)N3)c2)nc1. The van der Waals surface area contributed by atoms with E-state index >= 15 is 0 Å². The van der Waals surface area contributed by atoms with Crippen LogP contribution in [0.1, 0.15) is 37.3 Å². The Morgan fingerprint density at radius 2 is 1.97 bits per heavy atom. The molecule has 0 fully saturated rings. The molecule has 1 atom stereocenters. The molecule has 2 aromatic heterocycles. The molecule has 1 unspecified atom stereocenters. The Morgan fingerprint density at radius 3 is 2.69 bits per heavy atom. The minimum Gasteiger partial charge on any atom is -0.298 e. The van der Waals surface area contributed by atoms with Gasteiger partial charge in [-0.25, -0.2) is 9.97 Å². The molecule has 148 valence electrons. The van der Waals surface area contributed by atoms with E-state index in [1.54, 1.807) is 4.68 Å². The average Bonchev–Trinajstić information content (AvgIpc) is 3.20. The summed E-state index contributed by atoms with van der Waals surface area (Å²) >= 11 is 0. The standard InChI is InChI=1S/C23H26N6/c1-4-17(2)20-13-24-23(25-14-20)19-8-5-7-18(11-19)12-21-9-6-10-29(27-21)22-15-26-28(3)16-22/h5-11,13-17,27H,4,12H2,1-3H3. The van der Waals surface area contributed by atoms with Crippen molar-refractivity contribution in [3.05, 3.63) is 84.2 Å². The molecule has 0 saturated carbocycles. The number of anilines is 1. The van der Waals surface area contributed by atoms with Crippen molar-refractivity contribution in [2.75, 3.05) is 5.01 Å². The first-order chi connectivity index (χ1) is 14.1. The molecule has 29 heavy (non-hydrogen) atoms. The van der Waals surface area contributed by atoms with Crippen molar-refractivity contribution in [2.45, 2.75) is 32.6 Å². The summed E-state index contributed by atoms with van der Waals surface area (Å²) in [6, 6.07) is 8.42. The predicted octanol–water partition coefficient (Wildman–Crippen LogP) is 4.36. The van der Waals surface area contributed by atoms with Crippen LogP contribution in [0.3, 0.4) is 0 Å². The molecule has 0 spiro atoms. The van der Waals surface area contributed by atoms with Crippen LogP contribution in [0.2, 0.25) is 0 Å². The van der Waals surface area contributed by atoms with Gasteiger partial charge >= 0.3 is 0 Å². The van der Waals surface area contributed by atoms with Crippen molar-refractivity contribution in [1.29, 1.82) is 0 Å². The number of hydrogen-bond acceptors (Lipinski definition) is 5. The van der Waals surface area contributed by atoms with Gasteiger partial charge in [0.15, 0.2) is 5.82 Å². The van der Waals surface area contributed by atoms with E-state index in [9.17, 15) is 0 Å². The molecule has 0 bridgehead atoms. The van der Waals surface area contributed by atoms with E-state index in [1.165, 1.54) is 11.1 Å². The van der Waals surface area contributed by atoms with Gasteiger partial charge in [0.05, 0.1) is 12.4 Å². The largest absolute Gasteiger partial charge is 0.298 e. The highest BCUT2D eigenvalue weighted by molar-refractivity contribution is 5.56. The molecule has 0 amide bonds. The molecule has 6 nitrogen and oxygen atoms in total. The Bertz CT molecular complexity index is 1030. The third kappa shape index (κ3) is 4.37. The number of rotatable bonds is 6. The van der Waals surface area contributed by atoms with Crippen LogP contribution in [-0.4, -0.2) is 19.7 Å². The van der Waals surface area contributed by atoms with E-state index in [1.807, 2.05) is 49.1 Å². The molecular weight excluding hydrogens is 360 g/mol. The van der Waals surface area contributed by atoms with Crippen molar-refractivity contribution >= 4 is 5.69 Å². The molecule has 3 heterocycles. The first kappa shape index (κ1) is 18.9. The van der Waals surface area contributed by atoms with Crippen molar-refractivity contribution in [3.8, 4) is 11.4 Å². The van der Waals surface area contributed by atoms with Crippen LogP contribution in [0.4, 0.5) is 5.69 Å². The highest BCUT2D eigenvalue weighted by Gasteiger charge is 2.12. The van der Waals surface area contributed by atoms with Crippen LogP contribution in [0.5, 0.6) is 0 Å². The minimum atomic E-state index is 0.482. The van der Waals surface area contributed by atoms with E-state index in [-0.39, 0.29) is 0 Å². The Morgan fingerprint density at radius 1 is 1.14 bits per heavy atom. The number of hydrazine groups is 1. The van der Waals surface area contributed by atoms with E-state index in [2.05, 4.69) is 64.7 Å². The molecule has 0 saturated heterocycles. The van der Waals surface area contributed by atoms with Crippen LogP contribution < -0.4 is 10.4 Å². The molecule has 0 aliphatic carbocycles. The average molecular weight is 387 g/mol. The monoisotopic (exact) mass is 386 g/mol. The molecular formula is C23H26N6. The first-order valence-electron chi connectivity index (χ1n) is 9.95. The summed E-state index contributed by atoms with van der Waals surface area (Å²) in [5.41, 5.74) is 8.98. The third-order valence-electron chi connectivity index (χ3n) is 5.20. The second-order valence-corrected chi connectivity index (χ2v) is 7.41. The highest BCUT2D eigenvalue weighted by Crippen LogP contribution is 2.22. The summed E-state index contributed by atoms with van der Waals surface area (Å²) in [6.45, 7) is 4.38. The van der Waals surface area contributed by atoms with Crippen molar-refractivity contribution in [1.82, 2.24) is 25.2 Å². The molecule has 3 aromatic rings. The predicted molar refractivity (Wildman–Crippen MR) is 116 cm³/mol. The molecule has 0 radical (unpaired) electrons. The van der Waals surface area contributed by atoms with Gasteiger partial charge < -0.3 is 0 Å². The lowest BCUT2D eigenvalue weighted by molar-refractivity contribution is 0.725. The molecule has 6 heteroatoms. The Balaban J connectivity index is 1.48. The second kappa shape index (κ2) is 8.31. The van der Waals surface area contributed by atoms with Gasteiger partial charge in [0, 0.05) is 43.3 Å². The Labute approximate surface area is 171 Å². The normalized spacial score (nSPS) is 14.4. The van der Waals surface area contributed by atoms with E-state index < -0.39 is 0 Å². The van der Waals surface area contributed by atoms with Crippen LogP contribution in [0.25, 0.3) is 11.4 Å². The molecule has 1 aliphatic rings. The smallest absolute Gasteiger partial charge is 0.159 e. The van der Waals surface area contributed by atoms with Crippen LogP contribution in [0.15, 0.2) is 73.1 Å². The molecule has 1 N–H and O–H groups in total. The number of aromatic nitrogens is 4. The number of nitrogens with zero attached hydrogens (tertiary/aromatic N) is 5. The maximum Gasteiger partial charge on any atom is 0.159 e. The number of nitrogens with one attached hydrogen (secondary N) is 1. The summed E-state index contributed by atoms with van der Waals surface area (Å²) in [4.78, 5) is 9.18. The lowest BCUT2D eigenvalue weighted by atomic mass is 10.0. The van der Waals surface area contributed by atoms with Crippen molar-refractivity contribution in [3.63, 3.8) is 0 Å². The van der Waals surface area contributed by atoms with E-state index in [0.717, 1.165) is 35.6 Å². The van der Waals surface area contributed by atoms with Gasteiger partial charge in [0.25, 0.3) is 0 Å². The lowest BCUT2D eigenvalue weighted by Gasteiger charge is -2.25. The molecule has 1 aliphatic heterocycles. The summed E-state index contributed by atoms with van der Waals surface area (Å²) in [7, 11) is 1.91. The summed E-state index contributed by atoms with van der Waals surface area (Å²) in [5, 5.41) is 6.21. The lowest BCUT2D eigenvalue weighted by Crippen LogP contribution is -2.34. The number of benzene rings is 1. The number of aryl methyl sites for hydroxylation is 1. The van der Waals surface area contributed by atoms with Gasteiger partial charge in [-0.05, 0) is 41.7 Å². The zero-order valence-corrected chi connectivity index (χ0v) is 17.1. The second-order valence-electron chi connectivity index (χ2n) is 7.41. The maximum absolute atomic E-state index is 4.59. The van der Waals surface area contributed by atoms with Crippen LogP contribution in [0, 0.1) is 0 Å². The fourth-order valence-corrected chi connectivity index (χ4v) is 3.27. The van der Waals surface area contributed by atoms with Gasteiger partial charge in [-0.1, -0.05) is 32.0 Å². The van der Waals surface area contributed by atoms with Gasteiger partial charge in [-0.2, -0.15) is 5.10 Å². The van der Waals surface area contributed by atoms with Crippen LogP contribution in [-0.2, 0) is 13.5 Å². The topological polar surface area (TPSA) is 58.9 Å². The first-order valence-corrected chi connectivity index (χ1v) is 9.95. The van der Waals surface area contributed by atoms with Gasteiger partial charge in [-0.15, -0.1) is 0 Å².